The Morgan fingerprint density at radius 2 is 2.25 bits per heavy atom. The van der Waals surface area contributed by atoms with E-state index in [9.17, 15) is 4.79 Å². The van der Waals surface area contributed by atoms with E-state index in [0.717, 1.165) is 11.4 Å². The standard InChI is InChI=1S/C14H18N4O2/c1-18-10-13(9-16-18)17-12-5-2-4-11(8-12)14(20)15-6-3-7-19/h2,4-5,8-10,17,19H,3,6-7H2,1H3,(H,15,20). The Morgan fingerprint density at radius 3 is 2.95 bits per heavy atom. The minimum atomic E-state index is -0.145. The van der Waals surface area contributed by atoms with E-state index in [1.807, 2.05) is 25.4 Å². The van der Waals surface area contributed by atoms with Crippen molar-refractivity contribution in [3.63, 3.8) is 0 Å². The Morgan fingerprint density at radius 1 is 1.40 bits per heavy atom. The van der Waals surface area contributed by atoms with Crippen LogP contribution in [0.15, 0.2) is 36.7 Å². The molecule has 0 saturated carbocycles. The van der Waals surface area contributed by atoms with Crippen molar-refractivity contribution in [2.45, 2.75) is 6.42 Å². The van der Waals surface area contributed by atoms with Crippen molar-refractivity contribution in [1.29, 1.82) is 0 Å². The highest BCUT2D eigenvalue weighted by molar-refractivity contribution is 5.95. The number of anilines is 2. The first-order valence-corrected chi connectivity index (χ1v) is 6.44. The summed E-state index contributed by atoms with van der Waals surface area (Å²) in [5.41, 5.74) is 2.27. The molecule has 0 spiro atoms. The molecule has 0 fully saturated rings. The molecule has 2 aromatic rings. The number of carbonyl (C=O) groups excluding carboxylic acids is 1. The molecule has 106 valence electrons. The number of hydrogen-bond acceptors (Lipinski definition) is 4. The van der Waals surface area contributed by atoms with E-state index < -0.39 is 0 Å². The van der Waals surface area contributed by atoms with Gasteiger partial charge in [0.2, 0.25) is 0 Å². The second-order valence-corrected chi connectivity index (χ2v) is 4.44. The van der Waals surface area contributed by atoms with Crippen LogP contribution in [0.25, 0.3) is 0 Å². The number of amides is 1. The van der Waals surface area contributed by atoms with Gasteiger partial charge in [-0.1, -0.05) is 6.07 Å². The Labute approximate surface area is 117 Å². The maximum Gasteiger partial charge on any atom is 0.251 e. The van der Waals surface area contributed by atoms with Gasteiger partial charge in [0.15, 0.2) is 0 Å². The van der Waals surface area contributed by atoms with Gasteiger partial charge in [-0.25, -0.2) is 0 Å². The third-order valence-corrected chi connectivity index (χ3v) is 2.74. The summed E-state index contributed by atoms with van der Waals surface area (Å²) in [5.74, 6) is -0.145. The molecule has 0 atom stereocenters. The first-order chi connectivity index (χ1) is 9.69. The average Bonchev–Trinajstić information content (AvgIpc) is 2.84. The largest absolute Gasteiger partial charge is 0.396 e. The molecule has 0 saturated heterocycles. The normalized spacial score (nSPS) is 10.3. The van der Waals surface area contributed by atoms with Gasteiger partial charge in [0.25, 0.3) is 5.91 Å². The number of aliphatic hydroxyl groups excluding tert-OH is 1. The Kier molecular flexibility index (Phi) is 4.73. The van der Waals surface area contributed by atoms with Crippen molar-refractivity contribution < 1.29 is 9.90 Å². The zero-order valence-electron chi connectivity index (χ0n) is 11.3. The van der Waals surface area contributed by atoms with E-state index in [2.05, 4.69) is 15.7 Å². The van der Waals surface area contributed by atoms with Gasteiger partial charge in [-0.05, 0) is 24.6 Å². The summed E-state index contributed by atoms with van der Waals surface area (Å²) in [4.78, 5) is 11.9. The molecule has 0 aliphatic rings. The molecule has 0 aliphatic heterocycles. The third kappa shape index (κ3) is 3.83. The van der Waals surface area contributed by atoms with Crippen molar-refractivity contribution in [3.05, 3.63) is 42.2 Å². The Bertz CT molecular complexity index is 580. The highest BCUT2D eigenvalue weighted by Crippen LogP contribution is 2.16. The summed E-state index contributed by atoms with van der Waals surface area (Å²) in [6, 6.07) is 7.24. The summed E-state index contributed by atoms with van der Waals surface area (Å²) in [6.07, 6.45) is 4.13. The first-order valence-electron chi connectivity index (χ1n) is 6.44. The van der Waals surface area contributed by atoms with Gasteiger partial charge in [-0.15, -0.1) is 0 Å². The molecule has 2 rings (SSSR count). The molecule has 0 bridgehead atoms. The van der Waals surface area contributed by atoms with Gasteiger partial charge in [0.1, 0.15) is 0 Å². The highest BCUT2D eigenvalue weighted by Gasteiger charge is 2.06. The zero-order valence-corrected chi connectivity index (χ0v) is 11.3. The quantitative estimate of drug-likeness (QED) is 0.693. The molecular formula is C14H18N4O2. The monoisotopic (exact) mass is 274 g/mol. The predicted molar refractivity (Wildman–Crippen MR) is 77.0 cm³/mol. The van der Waals surface area contributed by atoms with Crippen molar-refractivity contribution in [3.8, 4) is 0 Å². The minimum Gasteiger partial charge on any atom is -0.396 e. The van der Waals surface area contributed by atoms with E-state index in [1.165, 1.54) is 0 Å². The SMILES string of the molecule is Cn1cc(Nc2cccc(C(=O)NCCCO)c2)cn1. The van der Waals surface area contributed by atoms with Crippen molar-refractivity contribution in [2.24, 2.45) is 7.05 Å². The number of aliphatic hydroxyl groups is 1. The summed E-state index contributed by atoms with van der Waals surface area (Å²) in [5, 5.41) is 18.7. The number of hydrogen-bond donors (Lipinski definition) is 3. The van der Waals surface area contributed by atoms with Crippen LogP contribution in [0.3, 0.4) is 0 Å². The maximum absolute atomic E-state index is 11.9. The lowest BCUT2D eigenvalue weighted by atomic mass is 10.2. The van der Waals surface area contributed by atoms with Gasteiger partial charge in [-0.3, -0.25) is 9.48 Å². The smallest absolute Gasteiger partial charge is 0.251 e. The molecule has 6 heteroatoms. The first kappa shape index (κ1) is 14.1. The number of nitrogens with one attached hydrogen (secondary N) is 2. The molecule has 0 unspecified atom stereocenters. The Balaban J connectivity index is 2.02. The van der Waals surface area contributed by atoms with Gasteiger partial charge in [0, 0.05) is 37.6 Å². The molecule has 1 aromatic carbocycles. The topological polar surface area (TPSA) is 79.2 Å². The van der Waals surface area contributed by atoms with Gasteiger partial charge < -0.3 is 15.7 Å². The molecular weight excluding hydrogens is 256 g/mol. The lowest BCUT2D eigenvalue weighted by molar-refractivity contribution is 0.0951. The molecule has 20 heavy (non-hydrogen) atoms. The Hall–Kier alpha value is -2.34. The molecule has 1 amide bonds. The summed E-state index contributed by atoms with van der Waals surface area (Å²) in [7, 11) is 1.84. The number of benzene rings is 1. The van der Waals surface area contributed by atoms with Crippen LogP contribution >= 0.6 is 0 Å². The maximum atomic E-state index is 11.9. The molecule has 1 heterocycles. The second kappa shape index (κ2) is 6.72. The molecule has 0 radical (unpaired) electrons. The summed E-state index contributed by atoms with van der Waals surface area (Å²) < 4.78 is 1.70. The number of aryl methyl sites for hydroxylation is 1. The molecule has 6 nitrogen and oxygen atoms in total. The molecule has 0 aliphatic carbocycles. The number of nitrogens with zero attached hydrogens (tertiary/aromatic N) is 2. The number of aromatic nitrogens is 2. The fourth-order valence-corrected chi connectivity index (χ4v) is 1.77. The van der Waals surface area contributed by atoms with E-state index >= 15 is 0 Å². The zero-order chi connectivity index (χ0) is 14.4. The lowest BCUT2D eigenvalue weighted by Gasteiger charge is -2.07. The molecule has 3 N–H and O–H groups in total. The van der Waals surface area contributed by atoms with Crippen LogP contribution in [0.4, 0.5) is 11.4 Å². The van der Waals surface area contributed by atoms with Crippen molar-refractivity contribution in [2.75, 3.05) is 18.5 Å². The fourth-order valence-electron chi connectivity index (χ4n) is 1.77. The number of carbonyl (C=O) groups is 1. The van der Waals surface area contributed by atoms with E-state index in [0.29, 0.717) is 18.5 Å². The van der Waals surface area contributed by atoms with Gasteiger partial charge in [-0.2, -0.15) is 5.10 Å². The summed E-state index contributed by atoms with van der Waals surface area (Å²) in [6.45, 7) is 0.540. The highest BCUT2D eigenvalue weighted by atomic mass is 16.3. The van der Waals surface area contributed by atoms with Crippen LogP contribution in [0.5, 0.6) is 0 Å². The van der Waals surface area contributed by atoms with Gasteiger partial charge >= 0.3 is 0 Å². The van der Waals surface area contributed by atoms with Crippen LogP contribution < -0.4 is 10.6 Å². The van der Waals surface area contributed by atoms with E-state index in [-0.39, 0.29) is 12.5 Å². The van der Waals surface area contributed by atoms with Crippen molar-refractivity contribution in [1.82, 2.24) is 15.1 Å². The van der Waals surface area contributed by atoms with Crippen LogP contribution in [0.2, 0.25) is 0 Å². The van der Waals surface area contributed by atoms with E-state index in [1.54, 1.807) is 23.0 Å². The van der Waals surface area contributed by atoms with Crippen molar-refractivity contribution >= 4 is 17.3 Å². The van der Waals surface area contributed by atoms with Crippen LogP contribution in [-0.2, 0) is 7.05 Å². The van der Waals surface area contributed by atoms with Crippen LogP contribution in [0, 0.1) is 0 Å². The average molecular weight is 274 g/mol. The second-order valence-electron chi connectivity index (χ2n) is 4.44. The predicted octanol–water partition coefficient (Wildman–Crippen LogP) is 1.28. The van der Waals surface area contributed by atoms with Crippen LogP contribution in [-0.4, -0.2) is 33.9 Å². The lowest BCUT2D eigenvalue weighted by Crippen LogP contribution is -2.24. The van der Waals surface area contributed by atoms with Crippen LogP contribution in [0.1, 0.15) is 16.8 Å². The minimum absolute atomic E-state index is 0.0723. The number of rotatable bonds is 6. The fraction of sp³-hybridized carbons (Fsp3) is 0.286. The summed E-state index contributed by atoms with van der Waals surface area (Å²) >= 11 is 0. The molecule has 1 aromatic heterocycles. The van der Waals surface area contributed by atoms with E-state index in [4.69, 9.17) is 5.11 Å². The third-order valence-electron chi connectivity index (χ3n) is 2.74. The van der Waals surface area contributed by atoms with Gasteiger partial charge in [0.05, 0.1) is 11.9 Å².